The van der Waals surface area contributed by atoms with E-state index >= 15 is 0 Å². The van der Waals surface area contributed by atoms with Crippen LogP contribution < -0.4 is 15.5 Å². The average molecular weight is 307 g/mol. The van der Waals surface area contributed by atoms with Gasteiger partial charge >= 0.3 is 6.09 Å². The quantitative estimate of drug-likeness (QED) is 0.777. The van der Waals surface area contributed by atoms with Crippen LogP contribution in [-0.2, 0) is 16.0 Å². The topological polar surface area (TPSA) is 70.7 Å². The molecule has 7 heteroatoms. The summed E-state index contributed by atoms with van der Waals surface area (Å²) in [5.41, 5.74) is 2.70. The van der Waals surface area contributed by atoms with Crippen LogP contribution in [0.5, 0.6) is 0 Å². The molecule has 1 aliphatic rings. The number of nitrogens with zero attached hydrogens (tertiary/aromatic N) is 1. The second-order valence-corrected chi connectivity index (χ2v) is 5.26. The number of alkyl carbamates (subject to hydrolysis) is 1. The number of carbonyl (C=O) groups is 2. The van der Waals surface area contributed by atoms with Crippen molar-refractivity contribution in [2.24, 2.45) is 0 Å². The van der Waals surface area contributed by atoms with Crippen molar-refractivity contribution in [1.29, 1.82) is 0 Å². The molecule has 6 nitrogen and oxygen atoms in total. The molecule has 1 atom stereocenters. The van der Waals surface area contributed by atoms with Gasteiger partial charge in [-0.05, 0) is 43.3 Å². The second kappa shape index (κ2) is 6.09. The average Bonchev–Trinajstić information content (AvgIpc) is 2.73. The van der Waals surface area contributed by atoms with Crippen LogP contribution in [0, 0.1) is 0 Å². The van der Waals surface area contributed by atoms with E-state index in [-0.39, 0.29) is 17.1 Å². The summed E-state index contributed by atoms with van der Waals surface area (Å²) in [6.45, 7) is 3.56. The maximum atomic E-state index is 11.7. The Morgan fingerprint density at radius 2 is 2.14 bits per heavy atom. The van der Waals surface area contributed by atoms with Crippen molar-refractivity contribution in [3.8, 4) is 0 Å². The Morgan fingerprint density at radius 3 is 2.76 bits per heavy atom. The number of thiocarbonyl (C=S) groups is 1. The highest BCUT2D eigenvalue weighted by Gasteiger charge is 2.28. The van der Waals surface area contributed by atoms with Gasteiger partial charge in [-0.15, -0.1) is 0 Å². The zero-order valence-electron chi connectivity index (χ0n) is 12.1. The number of methoxy groups -OCH3 is 1. The fourth-order valence-electron chi connectivity index (χ4n) is 2.47. The number of ether oxygens (including phenoxy) is 1. The molecular weight excluding hydrogens is 290 g/mol. The van der Waals surface area contributed by atoms with E-state index in [0.29, 0.717) is 5.69 Å². The summed E-state index contributed by atoms with van der Waals surface area (Å²) in [7, 11) is 1.26. The first kappa shape index (κ1) is 15.2. The van der Waals surface area contributed by atoms with Crippen LogP contribution in [0.4, 0.5) is 16.2 Å². The van der Waals surface area contributed by atoms with Gasteiger partial charge in [0.15, 0.2) is 5.11 Å². The first-order chi connectivity index (χ1) is 9.92. The molecule has 2 N–H and O–H groups in total. The molecule has 0 aliphatic carbocycles. The third-order valence-electron chi connectivity index (χ3n) is 3.30. The minimum absolute atomic E-state index is 0.00802. The number of amides is 2. The molecule has 1 heterocycles. The SMILES string of the molecule is COC(=O)NC(=S)Nc1ccc2c(c1)N(C(C)=O)C(C)C2. The van der Waals surface area contributed by atoms with Gasteiger partial charge in [0.2, 0.25) is 5.91 Å². The molecule has 0 radical (unpaired) electrons. The van der Waals surface area contributed by atoms with E-state index in [1.807, 2.05) is 25.1 Å². The Kier molecular flexibility index (Phi) is 4.42. The van der Waals surface area contributed by atoms with Gasteiger partial charge in [-0.2, -0.15) is 0 Å². The third kappa shape index (κ3) is 3.30. The molecule has 21 heavy (non-hydrogen) atoms. The van der Waals surface area contributed by atoms with E-state index < -0.39 is 6.09 Å². The Bertz CT molecular complexity index is 603. The van der Waals surface area contributed by atoms with Crippen LogP contribution in [0.2, 0.25) is 0 Å². The van der Waals surface area contributed by atoms with Crippen molar-refractivity contribution < 1.29 is 14.3 Å². The number of hydrogen-bond donors (Lipinski definition) is 2. The number of hydrogen-bond acceptors (Lipinski definition) is 4. The number of anilines is 2. The minimum atomic E-state index is -0.632. The fourth-order valence-corrected chi connectivity index (χ4v) is 2.67. The summed E-state index contributed by atoms with van der Waals surface area (Å²) < 4.78 is 4.46. The summed E-state index contributed by atoms with van der Waals surface area (Å²) in [5.74, 6) is 0.00802. The Balaban J connectivity index is 2.16. The van der Waals surface area contributed by atoms with Gasteiger partial charge in [-0.25, -0.2) is 4.79 Å². The molecule has 0 bridgehead atoms. The Hall–Kier alpha value is -2.15. The summed E-state index contributed by atoms with van der Waals surface area (Å²) in [6, 6.07) is 5.82. The van der Waals surface area contributed by atoms with Crippen molar-refractivity contribution in [2.45, 2.75) is 26.3 Å². The van der Waals surface area contributed by atoms with Gasteiger partial charge in [-0.1, -0.05) is 6.07 Å². The highest BCUT2D eigenvalue weighted by atomic mass is 32.1. The van der Waals surface area contributed by atoms with Crippen LogP contribution in [0.3, 0.4) is 0 Å². The van der Waals surface area contributed by atoms with E-state index in [1.165, 1.54) is 7.11 Å². The van der Waals surface area contributed by atoms with Crippen molar-refractivity contribution in [3.63, 3.8) is 0 Å². The molecular formula is C14H17N3O3S. The zero-order valence-corrected chi connectivity index (χ0v) is 12.9. The maximum absolute atomic E-state index is 11.7. The van der Waals surface area contributed by atoms with Crippen molar-refractivity contribution >= 4 is 40.7 Å². The highest BCUT2D eigenvalue weighted by Crippen LogP contribution is 2.34. The maximum Gasteiger partial charge on any atom is 0.413 e. The van der Waals surface area contributed by atoms with Crippen LogP contribution >= 0.6 is 12.2 Å². The first-order valence-electron chi connectivity index (χ1n) is 6.51. The lowest BCUT2D eigenvalue weighted by atomic mass is 10.1. The van der Waals surface area contributed by atoms with Crippen molar-refractivity contribution in [3.05, 3.63) is 23.8 Å². The molecule has 1 unspecified atom stereocenters. The molecule has 1 aromatic rings. The molecule has 0 fully saturated rings. The first-order valence-corrected chi connectivity index (χ1v) is 6.92. The normalized spacial score (nSPS) is 16.1. The van der Waals surface area contributed by atoms with Crippen molar-refractivity contribution in [1.82, 2.24) is 5.32 Å². The number of carbonyl (C=O) groups excluding carboxylic acids is 2. The van der Waals surface area contributed by atoms with E-state index in [0.717, 1.165) is 17.7 Å². The van der Waals surface area contributed by atoms with Crippen LogP contribution in [0.25, 0.3) is 0 Å². The van der Waals surface area contributed by atoms with E-state index in [4.69, 9.17) is 12.2 Å². The fraction of sp³-hybridized carbons (Fsp3) is 0.357. The van der Waals surface area contributed by atoms with Crippen molar-refractivity contribution in [2.75, 3.05) is 17.3 Å². The molecule has 0 spiro atoms. The van der Waals surface area contributed by atoms with Gasteiger partial charge in [-0.3, -0.25) is 10.1 Å². The number of rotatable bonds is 1. The third-order valence-corrected chi connectivity index (χ3v) is 3.50. The summed E-state index contributed by atoms with van der Waals surface area (Å²) in [5, 5.41) is 5.40. The molecule has 0 saturated heterocycles. The molecule has 2 amide bonds. The monoisotopic (exact) mass is 307 g/mol. The summed E-state index contributed by atoms with van der Waals surface area (Å²) >= 11 is 5.01. The van der Waals surface area contributed by atoms with Gasteiger partial charge in [0, 0.05) is 24.3 Å². The Morgan fingerprint density at radius 1 is 1.43 bits per heavy atom. The standard InChI is InChI=1S/C14H17N3O3S/c1-8-6-10-4-5-11(7-12(10)17(8)9(2)18)15-13(21)16-14(19)20-3/h4-5,7-8H,6H2,1-3H3,(H2,15,16,19,21). The number of nitrogens with one attached hydrogen (secondary N) is 2. The molecule has 0 saturated carbocycles. The van der Waals surface area contributed by atoms with Gasteiger partial charge in [0.1, 0.15) is 0 Å². The zero-order chi connectivity index (χ0) is 15.6. The van der Waals surface area contributed by atoms with E-state index in [1.54, 1.807) is 11.8 Å². The summed E-state index contributed by atoms with van der Waals surface area (Å²) in [6.07, 6.45) is 0.202. The van der Waals surface area contributed by atoms with Gasteiger partial charge in [0.25, 0.3) is 0 Å². The van der Waals surface area contributed by atoms with Crippen LogP contribution in [0.1, 0.15) is 19.4 Å². The van der Waals surface area contributed by atoms with Crippen LogP contribution in [0.15, 0.2) is 18.2 Å². The summed E-state index contributed by atoms with van der Waals surface area (Å²) in [4.78, 5) is 24.6. The second-order valence-electron chi connectivity index (χ2n) is 4.86. The highest BCUT2D eigenvalue weighted by molar-refractivity contribution is 7.80. The Labute approximate surface area is 128 Å². The lowest BCUT2D eigenvalue weighted by Gasteiger charge is -2.21. The molecule has 1 aliphatic heterocycles. The van der Waals surface area contributed by atoms with E-state index in [2.05, 4.69) is 15.4 Å². The molecule has 112 valence electrons. The predicted molar refractivity (Wildman–Crippen MR) is 84.5 cm³/mol. The smallest absolute Gasteiger partial charge is 0.413 e. The molecule has 2 rings (SSSR count). The molecule has 0 aromatic heterocycles. The number of fused-ring (bicyclic) bond motifs is 1. The lowest BCUT2D eigenvalue weighted by molar-refractivity contribution is -0.116. The van der Waals surface area contributed by atoms with Crippen LogP contribution in [-0.4, -0.2) is 30.3 Å². The minimum Gasteiger partial charge on any atom is -0.453 e. The van der Waals surface area contributed by atoms with Gasteiger partial charge in [0.05, 0.1) is 7.11 Å². The van der Waals surface area contributed by atoms with E-state index in [9.17, 15) is 9.59 Å². The largest absolute Gasteiger partial charge is 0.453 e. The lowest BCUT2D eigenvalue weighted by Crippen LogP contribution is -2.34. The molecule has 1 aromatic carbocycles. The predicted octanol–water partition coefficient (Wildman–Crippen LogP) is 2.04. The number of benzene rings is 1. The van der Waals surface area contributed by atoms with Gasteiger partial charge < -0.3 is 15.0 Å².